The van der Waals surface area contributed by atoms with E-state index in [1.54, 1.807) is 6.20 Å². The maximum absolute atomic E-state index is 14.0. The molecule has 0 fully saturated rings. The van der Waals surface area contributed by atoms with Crippen molar-refractivity contribution in [3.63, 3.8) is 0 Å². The van der Waals surface area contributed by atoms with Gasteiger partial charge in [0.1, 0.15) is 5.82 Å². The van der Waals surface area contributed by atoms with Crippen LogP contribution < -0.4 is 22.1 Å². The van der Waals surface area contributed by atoms with Gasteiger partial charge < -0.3 is 22.1 Å². The molecule has 0 aliphatic rings. The number of nitrogens with one attached hydrogen (secondary N) is 2. The highest BCUT2D eigenvalue weighted by atomic mass is 19.1. The molecule has 7 nitrogen and oxygen atoms in total. The monoisotopic (exact) mass is 340 g/mol. The number of hydrogen-bond donors (Lipinski definition) is 4. The summed E-state index contributed by atoms with van der Waals surface area (Å²) < 4.78 is 14.0. The SMILES string of the molecule is NCCNc1nc(Nc2cnc3ccccc3c2)c(C(N)=O)cc1F. The van der Waals surface area contributed by atoms with E-state index in [1.165, 1.54) is 0 Å². The van der Waals surface area contributed by atoms with E-state index in [0.717, 1.165) is 17.0 Å². The molecule has 0 saturated carbocycles. The number of aromatic nitrogens is 2. The van der Waals surface area contributed by atoms with Crippen molar-refractivity contribution in [1.82, 2.24) is 9.97 Å². The van der Waals surface area contributed by atoms with E-state index in [0.29, 0.717) is 18.8 Å². The summed E-state index contributed by atoms with van der Waals surface area (Å²) in [5.41, 5.74) is 12.1. The number of rotatable bonds is 6. The second kappa shape index (κ2) is 7.10. The van der Waals surface area contributed by atoms with Crippen molar-refractivity contribution in [2.75, 3.05) is 23.7 Å². The van der Waals surface area contributed by atoms with Gasteiger partial charge >= 0.3 is 0 Å². The van der Waals surface area contributed by atoms with Crippen LogP contribution in [0, 0.1) is 5.82 Å². The van der Waals surface area contributed by atoms with Gasteiger partial charge in [-0.2, -0.15) is 0 Å². The average molecular weight is 340 g/mol. The molecule has 0 bridgehead atoms. The first-order valence-corrected chi connectivity index (χ1v) is 7.64. The Labute approximate surface area is 143 Å². The van der Waals surface area contributed by atoms with Crippen LogP contribution in [0.2, 0.25) is 0 Å². The molecule has 8 heteroatoms. The summed E-state index contributed by atoms with van der Waals surface area (Å²) in [4.78, 5) is 20.1. The number of pyridine rings is 2. The number of anilines is 3. The molecule has 1 aromatic carbocycles. The molecule has 0 saturated heterocycles. The molecule has 3 rings (SSSR count). The second-order valence-corrected chi connectivity index (χ2v) is 5.34. The van der Waals surface area contributed by atoms with Gasteiger partial charge in [0.2, 0.25) is 0 Å². The summed E-state index contributed by atoms with van der Waals surface area (Å²) in [6.45, 7) is 0.660. The number of para-hydroxylation sites is 1. The largest absolute Gasteiger partial charge is 0.366 e. The minimum atomic E-state index is -0.784. The molecule has 0 radical (unpaired) electrons. The van der Waals surface area contributed by atoms with Crippen LogP contribution in [0.5, 0.6) is 0 Å². The highest BCUT2D eigenvalue weighted by Gasteiger charge is 2.16. The lowest BCUT2D eigenvalue weighted by molar-refractivity contribution is 0.100. The number of carbonyl (C=O) groups is 1. The lowest BCUT2D eigenvalue weighted by Crippen LogP contribution is -2.18. The van der Waals surface area contributed by atoms with Gasteiger partial charge in [0, 0.05) is 18.5 Å². The summed E-state index contributed by atoms with van der Waals surface area (Å²) in [5.74, 6) is -1.32. The molecule has 6 N–H and O–H groups in total. The van der Waals surface area contributed by atoms with E-state index < -0.39 is 11.7 Å². The maximum Gasteiger partial charge on any atom is 0.252 e. The molecule has 3 aromatic rings. The fraction of sp³-hybridized carbons (Fsp3) is 0.118. The van der Waals surface area contributed by atoms with E-state index >= 15 is 0 Å². The van der Waals surface area contributed by atoms with Crippen molar-refractivity contribution in [2.45, 2.75) is 0 Å². The highest BCUT2D eigenvalue weighted by molar-refractivity contribution is 5.98. The van der Waals surface area contributed by atoms with Crippen LogP contribution in [0.4, 0.5) is 21.7 Å². The third-order valence-corrected chi connectivity index (χ3v) is 3.53. The van der Waals surface area contributed by atoms with Crippen LogP contribution in [0.1, 0.15) is 10.4 Å². The smallest absolute Gasteiger partial charge is 0.252 e. The fourth-order valence-corrected chi connectivity index (χ4v) is 2.36. The minimum Gasteiger partial charge on any atom is -0.366 e. The zero-order valence-electron chi connectivity index (χ0n) is 13.3. The Hall–Kier alpha value is -3.26. The first-order valence-electron chi connectivity index (χ1n) is 7.64. The maximum atomic E-state index is 14.0. The van der Waals surface area contributed by atoms with Crippen LogP contribution in [0.3, 0.4) is 0 Å². The van der Waals surface area contributed by atoms with Gasteiger partial charge in [-0.3, -0.25) is 9.78 Å². The zero-order valence-corrected chi connectivity index (χ0v) is 13.3. The molecule has 0 unspecified atom stereocenters. The number of nitrogens with two attached hydrogens (primary N) is 2. The summed E-state index contributed by atoms with van der Waals surface area (Å²) >= 11 is 0. The van der Waals surface area contributed by atoms with Gasteiger partial charge in [0.05, 0.1) is 23.0 Å². The highest BCUT2D eigenvalue weighted by Crippen LogP contribution is 2.25. The van der Waals surface area contributed by atoms with Crippen LogP contribution >= 0.6 is 0 Å². The third-order valence-electron chi connectivity index (χ3n) is 3.53. The first kappa shape index (κ1) is 16.6. The van der Waals surface area contributed by atoms with E-state index in [2.05, 4.69) is 20.6 Å². The number of amides is 1. The molecule has 0 spiro atoms. The van der Waals surface area contributed by atoms with Crippen molar-refractivity contribution in [3.05, 3.63) is 54.0 Å². The van der Waals surface area contributed by atoms with Gasteiger partial charge in [-0.25, -0.2) is 9.37 Å². The predicted molar refractivity (Wildman–Crippen MR) is 95.3 cm³/mol. The molecule has 128 valence electrons. The predicted octanol–water partition coefficient (Wildman–Crippen LogP) is 1.98. The zero-order chi connectivity index (χ0) is 17.8. The molecule has 0 atom stereocenters. The van der Waals surface area contributed by atoms with Crippen molar-refractivity contribution < 1.29 is 9.18 Å². The van der Waals surface area contributed by atoms with Crippen molar-refractivity contribution in [2.24, 2.45) is 11.5 Å². The fourth-order valence-electron chi connectivity index (χ4n) is 2.36. The lowest BCUT2D eigenvalue weighted by Gasteiger charge is -2.13. The number of primary amides is 1. The van der Waals surface area contributed by atoms with E-state index in [-0.39, 0.29) is 17.2 Å². The Morgan fingerprint density at radius 2 is 2.00 bits per heavy atom. The number of nitrogens with zero attached hydrogens (tertiary/aromatic N) is 2. The normalized spacial score (nSPS) is 10.6. The number of halogens is 1. The molecule has 2 aromatic heterocycles. The van der Waals surface area contributed by atoms with Crippen LogP contribution in [0.25, 0.3) is 10.9 Å². The van der Waals surface area contributed by atoms with Gasteiger partial charge in [0.25, 0.3) is 5.91 Å². The Morgan fingerprint density at radius 3 is 2.76 bits per heavy atom. The Kier molecular flexibility index (Phi) is 4.71. The third kappa shape index (κ3) is 3.64. The Bertz CT molecular complexity index is 930. The van der Waals surface area contributed by atoms with Gasteiger partial charge in [-0.1, -0.05) is 18.2 Å². The molecule has 25 heavy (non-hydrogen) atoms. The van der Waals surface area contributed by atoms with Crippen molar-refractivity contribution in [3.8, 4) is 0 Å². The van der Waals surface area contributed by atoms with Gasteiger partial charge in [0.15, 0.2) is 11.6 Å². The second-order valence-electron chi connectivity index (χ2n) is 5.34. The number of benzene rings is 1. The number of fused-ring (bicyclic) bond motifs is 1. The van der Waals surface area contributed by atoms with Crippen LogP contribution in [0.15, 0.2) is 42.6 Å². The van der Waals surface area contributed by atoms with E-state index in [1.807, 2.05) is 30.3 Å². The van der Waals surface area contributed by atoms with Crippen molar-refractivity contribution >= 4 is 34.1 Å². The molecule has 2 heterocycles. The average Bonchev–Trinajstić information content (AvgIpc) is 2.61. The minimum absolute atomic E-state index is 0.00769. The summed E-state index contributed by atoms with van der Waals surface area (Å²) in [6.07, 6.45) is 1.60. The van der Waals surface area contributed by atoms with Gasteiger partial charge in [-0.15, -0.1) is 0 Å². The van der Waals surface area contributed by atoms with Gasteiger partial charge in [-0.05, 0) is 18.2 Å². The topological polar surface area (TPSA) is 119 Å². The number of carbonyl (C=O) groups excluding carboxylic acids is 1. The van der Waals surface area contributed by atoms with E-state index in [4.69, 9.17) is 11.5 Å². The molecular formula is C17H17FN6O. The Morgan fingerprint density at radius 1 is 1.20 bits per heavy atom. The lowest BCUT2D eigenvalue weighted by atomic mass is 10.2. The molecule has 0 aliphatic heterocycles. The number of hydrogen-bond acceptors (Lipinski definition) is 6. The standard InChI is InChI=1S/C17H17FN6O/c18-13-8-12(15(20)25)16(24-17(13)21-6-5-19)23-11-7-10-3-1-2-4-14(10)22-9-11/h1-4,7-9H,5-6,19H2,(H2,20,25)(H2,21,23,24). The Balaban J connectivity index is 1.99. The summed E-state index contributed by atoms with van der Waals surface area (Å²) in [6, 6.07) is 10.5. The molecular weight excluding hydrogens is 323 g/mol. The van der Waals surface area contributed by atoms with Crippen LogP contribution in [-0.2, 0) is 0 Å². The van der Waals surface area contributed by atoms with Crippen molar-refractivity contribution in [1.29, 1.82) is 0 Å². The summed E-state index contributed by atoms with van der Waals surface area (Å²) in [7, 11) is 0. The quantitative estimate of drug-likeness (QED) is 0.545. The summed E-state index contributed by atoms with van der Waals surface area (Å²) in [5, 5.41) is 6.66. The van der Waals surface area contributed by atoms with E-state index in [9.17, 15) is 9.18 Å². The van der Waals surface area contributed by atoms with Crippen LogP contribution in [-0.4, -0.2) is 29.0 Å². The first-order chi connectivity index (χ1) is 12.1. The molecule has 0 aliphatic carbocycles. The molecule has 1 amide bonds.